The van der Waals surface area contributed by atoms with Gasteiger partial charge in [0.25, 0.3) is 10.1 Å². The second-order valence-corrected chi connectivity index (χ2v) is 5.46. The first-order valence-electron chi connectivity index (χ1n) is 4.85. The largest absolute Gasteiger partial charge is 0.294 e. The van der Waals surface area contributed by atoms with Crippen molar-refractivity contribution in [2.24, 2.45) is 17.8 Å². The Balaban J connectivity index is 2.41. The van der Waals surface area contributed by atoms with Crippen LogP contribution in [0.2, 0.25) is 0 Å². The van der Waals surface area contributed by atoms with Gasteiger partial charge in [0.05, 0.1) is 4.91 Å². The summed E-state index contributed by atoms with van der Waals surface area (Å²) in [7, 11) is -4.02. The Morgan fingerprint density at radius 1 is 1.36 bits per heavy atom. The van der Waals surface area contributed by atoms with Crippen LogP contribution in [0.5, 0.6) is 0 Å². The normalized spacial score (nSPS) is 35.8. The van der Waals surface area contributed by atoms with Crippen molar-refractivity contribution in [1.29, 1.82) is 0 Å². The highest BCUT2D eigenvalue weighted by atomic mass is 32.2. The molecule has 0 saturated heterocycles. The molecular weight excluding hydrogens is 200 g/mol. The molecule has 0 aromatic rings. The topological polar surface area (TPSA) is 54.4 Å². The monoisotopic (exact) mass is 214 g/mol. The van der Waals surface area contributed by atoms with E-state index in [1.54, 1.807) is 6.08 Å². The van der Waals surface area contributed by atoms with Crippen LogP contribution in [0.3, 0.4) is 0 Å². The molecule has 0 heterocycles. The number of allylic oxidation sites excluding steroid dienone is 3. The molecular formula is C10H14O3S. The van der Waals surface area contributed by atoms with Crippen LogP contribution < -0.4 is 0 Å². The van der Waals surface area contributed by atoms with Crippen molar-refractivity contribution in [3.8, 4) is 0 Å². The summed E-state index contributed by atoms with van der Waals surface area (Å²) < 4.78 is 31.2. The molecule has 1 saturated carbocycles. The van der Waals surface area contributed by atoms with Crippen LogP contribution in [0, 0.1) is 17.8 Å². The van der Waals surface area contributed by atoms with E-state index < -0.39 is 10.1 Å². The molecule has 0 aromatic heterocycles. The fraction of sp³-hybridized carbons (Fsp3) is 0.600. The van der Waals surface area contributed by atoms with E-state index in [9.17, 15) is 8.42 Å². The lowest BCUT2D eigenvalue weighted by molar-refractivity contribution is 0.490. The number of fused-ring (bicyclic) bond motifs is 1. The van der Waals surface area contributed by atoms with E-state index in [2.05, 4.69) is 6.92 Å². The van der Waals surface area contributed by atoms with Gasteiger partial charge in [-0.05, 0) is 29.7 Å². The Hall–Kier alpha value is -0.610. The zero-order valence-corrected chi connectivity index (χ0v) is 9.08. The van der Waals surface area contributed by atoms with Gasteiger partial charge in [0.1, 0.15) is 0 Å². The average molecular weight is 214 g/mol. The van der Waals surface area contributed by atoms with Crippen molar-refractivity contribution < 1.29 is 13.0 Å². The van der Waals surface area contributed by atoms with Gasteiger partial charge in [-0.3, -0.25) is 4.55 Å². The molecule has 3 unspecified atom stereocenters. The second-order valence-electron chi connectivity index (χ2n) is 4.07. The van der Waals surface area contributed by atoms with Gasteiger partial charge in [0, 0.05) is 0 Å². The quantitative estimate of drug-likeness (QED) is 0.715. The second kappa shape index (κ2) is 2.94. The highest BCUT2D eigenvalue weighted by molar-refractivity contribution is 7.90. The number of hydrogen-bond donors (Lipinski definition) is 1. The van der Waals surface area contributed by atoms with Crippen LogP contribution in [0.15, 0.2) is 22.6 Å². The van der Waals surface area contributed by atoms with Crippen LogP contribution in [0.1, 0.15) is 20.3 Å². The molecule has 1 N–H and O–H groups in total. The minimum Gasteiger partial charge on any atom is -0.282 e. The Morgan fingerprint density at radius 2 is 1.93 bits per heavy atom. The third kappa shape index (κ3) is 1.42. The molecule has 4 heteroatoms. The summed E-state index contributed by atoms with van der Waals surface area (Å²) in [5, 5.41) is 0. The molecule has 14 heavy (non-hydrogen) atoms. The number of hydrogen-bond acceptors (Lipinski definition) is 2. The molecule has 0 amide bonds. The van der Waals surface area contributed by atoms with Crippen molar-refractivity contribution in [3.63, 3.8) is 0 Å². The van der Waals surface area contributed by atoms with E-state index in [0.717, 1.165) is 5.57 Å². The van der Waals surface area contributed by atoms with E-state index in [0.29, 0.717) is 24.2 Å². The molecule has 2 aliphatic rings. The zero-order valence-electron chi connectivity index (χ0n) is 8.27. The van der Waals surface area contributed by atoms with Gasteiger partial charge in [0.15, 0.2) is 0 Å². The first-order valence-corrected chi connectivity index (χ1v) is 6.29. The molecule has 2 aliphatic carbocycles. The van der Waals surface area contributed by atoms with Gasteiger partial charge < -0.3 is 0 Å². The van der Waals surface area contributed by atoms with E-state index in [4.69, 9.17) is 4.55 Å². The minimum absolute atomic E-state index is 0.130. The summed E-state index contributed by atoms with van der Waals surface area (Å²) in [5.74, 6) is 1.34. The zero-order chi connectivity index (χ0) is 10.5. The van der Waals surface area contributed by atoms with Gasteiger partial charge in [0.2, 0.25) is 0 Å². The highest BCUT2D eigenvalue weighted by Crippen LogP contribution is 2.53. The van der Waals surface area contributed by atoms with Gasteiger partial charge in [-0.2, -0.15) is 8.42 Å². The lowest BCUT2D eigenvalue weighted by Gasteiger charge is -2.10. The molecule has 0 aromatic carbocycles. The molecule has 0 spiro atoms. The average Bonchev–Trinajstić information content (AvgIpc) is 2.74. The molecule has 3 atom stereocenters. The summed E-state index contributed by atoms with van der Waals surface area (Å²) in [6.45, 7) is 4.00. The smallest absolute Gasteiger partial charge is 0.282 e. The summed E-state index contributed by atoms with van der Waals surface area (Å²) in [6.07, 6.45) is 4.36. The fourth-order valence-corrected chi connectivity index (χ4v) is 3.06. The van der Waals surface area contributed by atoms with Crippen molar-refractivity contribution in [1.82, 2.24) is 0 Å². The lowest BCUT2D eigenvalue weighted by atomic mass is 10.1. The summed E-state index contributed by atoms with van der Waals surface area (Å²) in [5.41, 5.74) is 0.762. The van der Waals surface area contributed by atoms with E-state index >= 15 is 0 Å². The van der Waals surface area contributed by atoms with Crippen LogP contribution in [-0.4, -0.2) is 13.0 Å². The molecule has 0 radical (unpaired) electrons. The predicted octanol–water partition coefficient (Wildman–Crippen LogP) is 1.99. The van der Waals surface area contributed by atoms with Crippen molar-refractivity contribution in [2.75, 3.05) is 0 Å². The molecule has 1 fully saturated rings. The Kier molecular flexibility index (Phi) is 2.08. The molecule has 0 bridgehead atoms. The maximum atomic E-state index is 11.1. The molecule has 3 nitrogen and oxygen atoms in total. The maximum Gasteiger partial charge on any atom is 0.294 e. The van der Waals surface area contributed by atoms with E-state index in [1.807, 2.05) is 13.0 Å². The van der Waals surface area contributed by atoms with E-state index in [1.165, 1.54) is 0 Å². The molecule has 0 aliphatic heterocycles. The van der Waals surface area contributed by atoms with Gasteiger partial charge in [-0.25, -0.2) is 0 Å². The standard InChI is InChI=1S/C10H14O3S/c1-3-7-4-8-6(2)9(8)5-10(7)14(11,12)13/h4-6,8-9H,3H2,1-2H3,(H,11,12,13). The van der Waals surface area contributed by atoms with Crippen molar-refractivity contribution in [3.05, 3.63) is 22.6 Å². The summed E-state index contributed by atoms with van der Waals surface area (Å²) in [6, 6.07) is 0. The summed E-state index contributed by atoms with van der Waals surface area (Å²) >= 11 is 0. The number of rotatable bonds is 2. The maximum absolute atomic E-state index is 11.1. The first kappa shape index (κ1) is 9.93. The van der Waals surface area contributed by atoms with Gasteiger partial charge >= 0.3 is 0 Å². The van der Waals surface area contributed by atoms with Crippen LogP contribution in [0.25, 0.3) is 0 Å². The van der Waals surface area contributed by atoms with Crippen LogP contribution in [-0.2, 0) is 10.1 Å². The summed E-state index contributed by atoms with van der Waals surface area (Å²) in [4.78, 5) is 0.130. The van der Waals surface area contributed by atoms with Gasteiger partial charge in [-0.15, -0.1) is 0 Å². The van der Waals surface area contributed by atoms with Gasteiger partial charge in [-0.1, -0.05) is 26.0 Å². The van der Waals surface area contributed by atoms with Crippen molar-refractivity contribution >= 4 is 10.1 Å². The van der Waals surface area contributed by atoms with Crippen molar-refractivity contribution in [2.45, 2.75) is 20.3 Å². The van der Waals surface area contributed by atoms with Crippen LogP contribution in [0.4, 0.5) is 0 Å². The third-order valence-corrected chi connectivity index (χ3v) is 4.18. The first-order chi connectivity index (χ1) is 6.45. The minimum atomic E-state index is -4.02. The molecule has 78 valence electrons. The van der Waals surface area contributed by atoms with E-state index in [-0.39, 0.29) is 4.91 Å². The third-order valence-electron chi connectivity index (χ3n) is 3.23. The van der Waals surface area contributed by atoms with Crippen LogP contribution >= 0.6 is 0 Å². The Morgan fingerprint density at radius 3 is 2.43 bits per heavy atom. The fourth-order valence-electron chi connectivity index (χ4n) is 2.19. The molecule has 2 rings (SSSR count). The lowest BCUT2D eigenvalue weighted by Crippen LogP contribution is -2.07. The predicted molar refractivity (Wildman–Crippen MR) is 54.1 cm³/mol. The Bertz CT molecular complexity index is 417. The SMILES string of the molecule is CCC1=CC2C(C)C2C=C1S(=O)(=O)O. The highest BCUT2D eigenvalue weighted by Gasteiger charge is 2.47. The Labute approximate surface area is 84.3 Å².